The third-order valence-corrected chi connectivity index (χ3v) is 4.46. The minimum Gasteiger partial charge on any atom is -0.497 e. The molecule has 0 fully saturated rings. The number of benzene rings is 2. The van der Waals surface area contributed by atoms with Gasteiger partial charge in [0.05, 0.1) is 23.4 Å². The number of nitrogens with one attached hydrogen (secondary N) is 1. The van der Waals surface area contributed by atoms with Gasteiger partial charge in [0.15, 0.2) is 9.84 Å². The average molecular weight is 371 g/mol. The summed E-state index contributed by atoms with van der Waals surface area (Å²) in [6.45, 7) is 0. The van der Waals surface area contributed by atoms with Gasteiger partial charge in [0, 0.05) is 22.5 Å². The number of anilines is 3. The van der Waals surface area contributed by atoms with Crippen LogP contribution in [0.4, 0.5) is 17.1 Å². The first-order valence-electron chi connectivity index (χ1n) is 6.01. The van der Waals surface area contributed by atoms with E-state index in [1.807, 2.05) is 12.1 Å². The molecule has 2 aromatic rings. The Bertz CT molecular complexity index is 776. The Morgan fingerprint density at radius 1 is 1.24 bits per heavy atom. The van der Waals surface area contributed by atoms with Crippen LogP contribution in [-0.2, 0) is 9.84 Å². The van der Waals surface area contributed by atoms with Crippen LogP contribution in [0.2, 0.25) is 0 Å². The lowest BCUT2D eigenvalue weighted by molar-refractivity contribution is 0.415. The highest BCUT2D eigenvalue weighted by molar-refractivity contribution is 9.10. The Hall–Kier alpha value is -1.73. The second kappa shape index (κ2) is 5.95. The third-order valence-electron chi connectivity index (χ3n) is 2.85. The molecular weight excluding hydrogens is 356 g/mol. The largest absolute Gasteiger partial charge is 0.497 e. The Balaban J connectivity index is 2.43. The van der Waals surface area contributed by atoms with E-state index in [2.05, 4.69) is 21.2 Å². The lowest BCUT2D eigenvalue weighted by atomic mass is 10.2. The number of ether oxygens (including phenoxy) is 1. The summed E-state index contributed by atoms with van der Waals surface area (Å²) in [5.74, 6) is 0.671. The zero-order chi connectivity index (χ0) is 15.6. The molecule has 21 heavy (non-hydrogen) atoms. The van der Waals surface area contributed by atoms with Crippen LogP contribution in [0.1, 0.15) is 0 Å². The van der Waals surface area contributed by atoms with Crippen molar-refractivity contribution in [2.24, 2.45) is 0 Å². The molecule has 0 bridgehead atoms. The van der Waals surface area contributed by atoms with Crippen LogP contribution in [0, 0.1) is 0 Å². The first-order valence-corrected chi connectivity index (χ1v) is 8.70. The zero-order valence-corrected chi connectivity index (χ0v) is 14.0. The van der Waals surface area contributed by atoms with Gasteiger partial charge in [0.1, 0.15) is 5.75 Å². The summed E-state index contributed by atoms with van der Waals surface area (Å²) in [6.07, 6.45) is 1.13. The summed E-state index contributed by atoms with van der Waals surface area (Å²) in [7, 11) is -1.79. The van der Waals surface area contributed by atoms with E-state index in [4.69, 9.17) is 10.5 Å². The van der Waals surface area contributed by atoms with E-state index in [0.717, 1.165) is 16.4 Å². The normalized spacial score (nSPS) is 11.2. The van der Waals surface area contributed by atoms with E-state index >= 15 is 0 Å². The van der Waals surface area contributed by atoms with E-state index in [1.165, 1.54) is 6.07 Å². The van der Waals surface area contributed by atoms with Gasteiger partial charge in [-0.3, -0.25) is 0 Å². The molecule has 0 aliphatic heterocycles. The number of nitrogens with two attached hydrogens (primary N) is 1. The Morgan fingerprint density at radius 2 is 1.95 bits per heavy atom. The summed E-state index contributed by atoms with van der Waals surface area (Å²) in [5.41, 5.74) is 7.40. The molecule has 0 radical (unpaired) electrons. The highest BCUT2D eigenvalue weighted by atomic mass is 79.9. The maximum absolute atomic E-state index is 11.7. The van der Waals surface area contributed by atoms with Gasteiger partial charge in [-0.2, -0.15) is 0 Å². The molecule has 5 nitrogen and oxygen atoms in total. The lowest BCUT2D eigenvalue weighted by Crippen LogP contribution is -2.05. The van der Waals surface area contributed by atoms with E-state index in [-0.39, 0.29) is 10.6 Å². The zero-order valence-electron chi connectivity index (χ0n) is 11.6. The molecule has 0 atom stereocenters. The van der Waals surface area contributed by atoms with Gasteiger partial charge in [0.2, 0.25) is 0 Å². The lowest BCUT2D eigenvalue weighted by Gasteiger charge is -2.13. The van der Waals surface area contributed by atoms with E-state index in [9.17, 15) is 8.42 Å². The number of para-hydroxylation sites is 1. The number of sulfone groups is 1. The second-order valence-electron chi connectivity index (χ2n) is 4.49. The van der Waals surface area contributed by atoms with E-state index in [1.54, 1.807) is 25.3 Å². The molecule has 0 aliphatic rings. The van der Waals surface area contributed by atoms with Crippen molar-refractivity contribution in [2.75, 3.05) is 24.4 Å². The molecule has 0 amide bonds. The summed E-state index contributed by atoms with van der Waals surface area (Å²) in [4.78, 5) is 0.106. The first-order chi connectivity index (χ1) is 9.81. The molecule has 0 aliphatic carbocycles. The molecule has 0 heterocycles. The van der Waals surface area contributed by atoms with Crippen molar-refractivity contribution < 1.29 is 13.2 Å². The third kappa shape index (κ3) is 3.68. The molecule has 7 heteroatoms. The van der Waals surface area contributed by atoms with Crippen LogP contribution < -0.4 is 15.8 Å². The molecule has 0 saturated heterocycles. The topological polar surface area (TPSA) is 81.4 Å². The summed E-state index contributed by atoms with van der Waals surface area (Å²) in [6, 6.07) is 10.3. The van der Waals surface area contributed by atoms with Crippen molar-refractivity contribution in [2.45, 2.75) is 4.90 Å². The molecular formula is C14H15BrN2O3S. The van der Waals surface area contributed by atoms with Gasteiger partial charge in [0.25, 0.3) is 0 Å². The maximum Gasteiger partial charge on any atom is 0.177 e. The summed E-state index contributed by atoms with van der Waals surface area (Å²) < 4.78 is 29.4. The summed E-state index contributed by atoms with van der Waals surface area (Å²) in [5, 5.41) is 3.10. The van der Waals surface area contributed by atoms with E-state index < -0.39 is 9.84 Å². The SMILES string of the molecule is COc1cc(Br)cc(Nc2cccc(S(C)(=O)=O)c2N)c1. The van der Waals surface area contributed by atoms with Crippen molar-refractivity contribution in [3.8, 4) is 5.75 Å². The van der Waals surface area contributed by atoms with Crippen LogP contribution in [0.25, 0.3) is 0 Å². The van der Waals surface area contributed by atoms with E-state index in [0.29, 0.717) is 11.4 Å². The molecule has 0 unspecified atom stereocenters. The van der Waals surface area contributed by atoms with Gasteiger partial charge in [-0.1, -0.05) is 22.0 Å². The molecule has 112 valence electrons. The summed E-state index contributed by atoms with van der Waals surface area (Å²) >= 11 is 3.38. The molecule has 2 rings (SSSR count). The highest BCUT2D eigenvalue weighted by Crippen LogP contribution is 2.32. The fraction of sp³-hybridized carbons (Fsp3) is 0.143. The molecule has 0 spiro atoms. The first kappa shape index (κ1) is 15.7. The predicted molar refractivity (Wildman–Crippen MR) is 87.9 cm³/mol. The number of nitrogen functional groups attached to an aromatic ring is 1. The van der Waals surface area contributed by atoms with Crippen molar-refractivity contribution in [1.82, 2.24) is 0 Å². The fourth-order valence-electron chi connectivity index (χ4n) is 1.88. The van der Waals surface area contributed by atoms with Gasteiger partial charge in [-0.05, 0) is 24.3 Å². The van der Waals surface area contributed by atoms with Crippen molar-refractivity contribution in [3.05, 3.63) is 40.9 Å². The van der Waals surface area contributed by atoms with Crippen LogP contribution in [0.3, 0.4) is 0 Å². The second-order valence-corrected chi connectivity index (χ2v) is 7.39. The van der Waals surface area contributed by atoms with Gasteiger partial charge in [-0.15, -0.1) is 0 Å². The minimum absolute atomic E-state index is 0.106. The minimum atomic E-state index is -3.37. The number of rotatable bonds is 4. The van der Waals surface area contributed by atoms with Crippen LogP contribution >= 0.6 is 15.9 Å². The van der Waals surface area contributed by atoms with Crippen LogP contribution in [0.15, 0.2) is 45.8 Å². The number of hydrogen-bond acceptors (Lipinski definition) is 5. The van der Waals surface area contributed by atoms with Crippen molar-refractivity contribution in [1.29, 1.82) is 0 Å². The molecule has 2 aromatic carbocycles. The Kier molecular flexibility index (Phi) is 4.43. The van der Waals surface area contributed by atoms with Crippen molar-refractivity contribution in [3.63, 3.8) is 0 Å². The Labute approximate surface area is 132 Å². The fourth-order valence-corrected chi connectivity index (χ4v) is 3.19. The molecule has 3 N–H and O–H groups in total. The standard InChI is InChI=1S/C14H15BrN2O3S/c1-20-11-7-9(15)6-10(8-11)17-12-4-3-5-13(14(12)16)21(2,18)19/h3-8,17H,16H2,1-2H3. The average Bonchev–Trinajstić information content (AvgIpc) is 2.39. The Morgan fingerprint density at radius 3 is 2.57 bits per heavy atom. The molecule has 0 saturated carbocycles. The van der Waals surface area contributed by atoms with Gasteiger partial charge in [-0.25, -0.2) is 8.42 Å². The smallest absolute Gasteiger partial charge is 0.177 e. The van der Waals surface area contributed by atoms with Crippen molar-refractivity contribution >= 4 is 42.8 Å². The predicted octanol–water partition coefficient (Wildman–Crippen LogP) is 3.19. The number of halogens is 1. The highest BCUT2D eigenvalue weighted by Gasteiger charge is 2.14. The van der Waals surface area contributed by atoms with Gasteiger partial charge >= 0.3 is 0 Å². The quantitative estimate of drug-likeness (QED) is 0.807. The number of methoxy groups -OCH3 is 1. The van der Waals surface area contributed by atoms with Gasteiger partial charge < -0.3 is 15.8 Å². The van der Waals surface area contributed by atoms with Crippen LogP contribution in [0.5, 0.6) is 5.75 Å². The van der Waals surface area contributed by atoms with Crippen LogP contribution in [-0.4, -0.2) is 21.8 Å². The number of hydrogen-bond donors (Lipinski definition) is 2. The molecule has 0 aromatic heterocycles. The monoisotopic (exact) mass is 370 g/mol. The maximum atomic E-state index is 11.7.